The summed E-state index contributed by atoms with van der Waals surface area (Å²) in [7, 11) is 1.37. The Labute approximate surface area is 124 Å². The summed E-state index contributed by atoms with van der Waals surface area (Å²) in [5.74, 6) is 0.143. The number of nitrogens with one attached hydrogen (secondary N) is 1. The Balaban J connectivity index is 2.88. The van der Waals surface area contributed by atoms with Crippen molar-refractivity contribution in [3.63, 3.8) is 0 Å². The lowest BCUT2D eigenvalue weighted by atomic mass is 10.2. The van der Waals surface area contributed by atoms with Crippen molar-refractivity contribution < 1.29 is 14.5 Å². The Bertz CT molecular complexity index is 515. The van der Waals surface area contributed by atoms with Crippen LogP contribution in [0.15, 0.2) is 18.2 Å². The second-order valence-corrected chi connectivity index (χ2v) is 4.52. The number of hydrogen-bond acceptors (Lipinski definition) is 5. The normalized spacial score (nSPS) is 11.6. The molecule has 0 aromatic heterocycles. The molecule has 0 saturated carbocycles. The molecule has 0 aliphatic carbocycles. The monoisotopic (exact) mass is 295 g/mol. The fraction of sp³-hybridized carbons (Fsp3) is 0.500. The summed E-state index contributed by atoms with van der Waals surface area (Å²) in [6, 6.07) is 4.02. The molecule has 0 aliphatic heterocycles. The van der Waals surface area contributed by atoms with E-state index in [1.165, 1.54) is 19.2 Å². The molecule has 0 spiro atoms. The van der Waals surface area contributed by atoms with Gasteiger partial charge in [0.2, 0.25) is 5.91 Å². The number of nitro benzene ring substituents is 1. The van der Waals surface area contributed by atoms with Crippen LogP contribution in [0.3, 0.4) is 0 Å². The first kappa shape index (κ1) is 16.7. The molecule has 0 fully saturated rings. The Morgan fingerprint density at radius 1 is 1.43 bits per heavy atom. The van der Waals surface area contributed by atoms with Crippen molar-refractivity contribution in [2.45, 2.75) is 26.8 Å². The number of methoxy groups -OCH3 is 1. The molecule has 1 unspecified atom stereocenters. The van der Waals surface area contributed by atoms with E-state index in [0.29, 0.717) is 18.8 Å². The van der Waals surface area contributed by atoms with Crippen molar-refractivity contribution in [3.8, 4) is 5.75 Å². The van der Waals surface area contributed by atoms with Crippen molar-refractivity contribution in [2.24, 2.45) is 0 Å². The molecule has 21 heavy (non-hydrogen) atoms. The van der Waals surface area contributed by atoms with E-state index in [4.69, 9.17) is 4.74 Å². The van der Waals surface area contributed by atoms with E-state index in [-0.39, 0.29) is 17.3 Å². The number of rotatable bonds is 7. The number of ether oxygens (including phenoxy) is 1. The highest BCUT2D eigenvalue weighted by Crippen LogP contribution is 2.29. The summed E-state index contributed by atoms with van der Waals surface area (Å²) in [6.07, 6.45) is 0. The van der Waals surface area contributed by atoms with Crippen LogP contribution in [0.4, 0.5) is 11.4 Å². The van der Waals surface area contributed by atoms with Gasteiger partial charge in [-0.05, 0) is 26.8 Å². The maximum atomic E-state index is 12.2. The summed E-state index contributed by atoms with van der Waals surface area (Å²) < 4.78 is 5.00. The van der Waals surface area contributed by atoms with Crippen molar-refractivity contribution in [1.82, 2.24) is 4.90 Å². The summed E-state index contributed by atoms with van der Waals surface area (Å²) in [5, 5.41) is 13.9. The molecule has 1 rings (SSSR count). The van der Waals surface area contributed by atoms with Gasteiger partial charge < -0.3 is 15.0 Å². The lowest BCUT2D eigenvalue weighted by molar-refractivity contribution is -0.385. The number of benzene rings is 1. The zero-order valence-corrected chi connectivity index (χ0v) is 12.8. The van der Waals surface area contributed by atoms with Gasteiger partial charge in [-0.3, -0.25) is 14.9 Å². The van der Waals surface area contributed by atoms with E-state index >= 15 is 0 Å². The number of likely N-dealkylation sites (N-methyl/N-ethyl adjacent to an activating group) is 1. The third kappa shape index (κ3) is 4.08. The van der Waals surface area contributed by atoms with Crippen LogP contribution in [0.1, 0.15) is 20.8 Å². The van der Waals surface area contributed by atoms with Gasteiger partial charge in [-0.2, -0.15) is 0 Å². The first-order chi connectivity index (χ1) is 9.94. The van der Waals surface area contributed by atoms with Crippen LogP contribution in [0, 0.1) is 10.1 Å². The van der Waals surface area contributed by atoms with Crippen molar-refractivity contribution >= 4 is 17.3 Å². The molecule has 7 nitrogen and oxygen atoms in total. The lowest BCUT2D eigenvalue weighted by Gasteiger charge is -2.24. The van der Waals surface area contributed by atoms with Crippen LogP contribution < -0.4 is 10.1 Å². The van der Waals surface area contributed by atoms with Crippen molar-refractivity contribution in [1.29, 1.82) is 0 Å². The van der Waals surface area contributed by atoms with Crippen molar-refractivity contribution in [3.05, 3.63) is 28.3 Å². The van der Waals surface area contributed by atoms with Gasteiger partial charge in [0.15, 0.2) is 5.75 Å². The van der Waals surface area contributed by atoms with Crippen LogP contribution in [0.5, 0.6) is 5.75 Å². The number of nitro groups is 1. The molecule has 0 heterocycles. The van der Waals surface area contributed by atoms with E-state index < -0.39 is 11.0 Å². The standard InChI is InChI=1S/C14H21N3O4/c1-5-16(6-2)14(18)10(3)15-11-7-8-12(17(19)20)13(9-11)21-4/h7-10,15H,5-6H2,1-4H3. The molecular weight excluding hydrogens is 274 g/mol. The fourth-order valence-electron chi connectivity index (χ4n) is 2.04. The molecule has 0 radical (unpaired) electrons. The molecule has 1 amide bonds. The Hall–Kier alpha value is -2.31. The quantitative estimate of drug-likeness (QED) is 0.616. The maximum Gasteiger partial charge on any atom is 0.311 e. The zero-order valence-electron chi connectivity index (χ0n) is 12.8. The number of carbonyl (C=O) groups excluding carboxylic acids is 1. The van der Waals surface area contributed by atoms with Crippen LogP contribution in [0.25, 0.3) is 0 Å². The highest BCUT2D eigenvalue weighted by Gasteiger charge is 2.20. The number of hydrogen-bond donors (Lipinski definition) is 1. The minimum Gasteiger partial charge on any atom is -0.490 e. The first-order valence-electron chi connectivity index (χ1n) is 6.82. The number of nitrogens with zero attached hydrogens (tertiary/aromatic N) is 2. The van der Waals surface area contributed by atoms with Gasteiger partial charge >= 0.3 is 5.69 Å². The number of anilines is 1. The molecule has 0 saturated heterocycles. The van der Waals surface area contributed by atoms with Crippen molar-refractivity contribution in [2.75, 3.05) is 25.5 Å². The lowest BCUT2D eigenvalue weighted by Crippen LogP contribution is -2.41. The highest BCUT2D eigenvalue weighted by molar-refractivity contribution is 5.84. The predicted octanol–water partition coefficient (Wildman–Crippen LogP) is 2.27. The largest absolute Gasteiger partial charge is 0.490 e. The summed E-state index contributed by atoms with van der Waals surface area (Å²) in [6.45, 7) is 6.89. The highest BCUT2D eigenvalue weighted by atomic mass is 16.6. The van der Waals surface area contributed by atoms with E-state index in [1.807, 2.05) is 13.8 Å². The molecule has 7 heteroatoms. The Morgan fingerprint density at radius 2 is 2.05 bits per heavy atom. The molecule has 1 N–H and O–H groups in total. The average molecular weight is 295 g/mol. The van der Waals surface area contributed by atoms with Gasteiger partial charge in [0.05, 0.1) is 12.0 Å². The zero-order chi connectivity index (χ0) is 16.0. The number of carbonyl (C=O) groups is 1. The molecule has 1 aromatic carbocycles. The molecule has 0 bridgehead atoms. The van der Waals surface area contributed by atoms with Gasteiger partial charge in [0.1, 0.15) is 6.04 Å². The number of amides is 1. The third-order valence-corrected chi connectivity index (χ3v) is 3.21. The first-order valence-corrected chi connectivity index (χ1v) is 6.82. The Kier molecular flexibility index (Phi) is 5.95. The van der Waals surface area contributed by atoms with Gasteiger partial charge in [0, 0.05) is 30.9 Å². The Morgan fingerprint density at radius 3 is 2.52 bits per heavy atom. The van der Waals surface area contributed by atoms with Crippen LogP contribution in [-0.4, -0.2) is 42.0 Å². The van der Waals surface area contributed by atoms with E-state index in [0.717, 1.165) is 0 Å². The van der Waals surface area contributed by atoms with E-state index in [2.05, 4.69) is 5.32 Å². The second kappa shape index (κ2) is 7.47. The summed E-state index contributed by atoms with van der Waals surface area (Å²) in [4.78, 5) is 24.2. The molecular formula is C14H21N3O4. The smallest absolute Gasteiger partial charge is 0.311 e. The third-order valence-electron chi connectivity index (χ3n) is 3.21. The van der Waals surface area contributed by atoms with E-state index in [9.17, 15) is 14.9 Å². The molecule has 1 atom stereocenters. The summed E-state index contributed by atoms with van der Waals surface area (Å²) >= 11 is 0. The minimum absolute atomic E-state index is 0.0164. The van der Waals surface area contributed by atoms with Crippen LogP contribution >= 0.6 is 0 Å². The van der Waals surface area contributed by atoms with E-state index in [1.54, 1.807) is 17.9 Å². The van der Waals surface area contributed by atoms with Gasteiger partial charge in [-0.1, -0.05) is 0 Å². The maximum absolute atomic E-state index is 12.2. The van der Waals surface area contributed by atoms with Gasteiger partial charge in [-0.25, -0.2) is 0 Å². The van der Waals surface area contributed by atoms with Crippen LogP contribution in [-0.2, 0) is 4.79 Å². The van der Waals surface area contributed by atoms with Gasteiger partial charge in [0.25, 0.3) is 0 Å². The second-order valence-electron chi connectivity index (χ2n) is 4.52. The molecule has 116 valence electrons. The van der Waals surface area contributed by atoms with Crippen LogP contribution in [0.2, 0.25) is 0 Å². The molecule has 0 aliphatic rings. The molecule has 1 aromatic rings. The topological polar surface area (TPSA) is 84.7 Å². The minimum atomic E-state index is -0.507. The van der Waals surface area contributed by atoms with Gasteiger partial charge in [-0.15, -0.1) is 0 Å². The fourth-order valence-corrected chi connectivity index (χ4v) is 2.04. The summed E-state index contributed by atoms with van der Waals surface area (Å²) in [5.41, 5.74) is 0.497. The average Bonchev–Trinajstić information content (AvgIpc) is 2.47. The predicted molar refractivity (Wildman–Crippen MR) is 80.7 cm³/mol. The SMILES string of the molecule is CCN(CC)C(=O)C(C)Nc1ccc([N+](=O)[O-])c(OC)c1.